The smallest absolute Gasteiger partial charge is 0.146 e. The molecule has 0 aliphatic carbocycles. The Morgan fingerprint density at radius 3 is 3.18 bits per heavy atom. The van der Waals surface area contributed by atoms with Gasteiger partial charge in [-0.25, -0.2) is 0 Å². The van der Waals surface area contributed by atoms with Crippen LogP contribution in [0.1, 0.15) is 5.69 Å². The van der Waals surface area contributed by atoms with E-state index < -0.39 is 0 Å². The maximum atomic E-state index is 8.21. The van der Waals surface area contributed by atoms with Crippen molar-refractivity contribution in [3.63, 3.8) is 0 Å². The average Bonchev–Trinajstić information content (AvgIpc) is 2.06. The maximum Gasteiger partial charge on any atom is 0.146 e. The molecular weight excluding hydrogens is 144 g/mol. The molecule has 58 valence electrons. The minimum absolute atomic E-state index is 0.512. The van der Waals surface area contributed by atoms with Crippen molar-refractivity contribution in [3.05, 3.63) is 24.0 Å². The number of oxime groups is 1. The molecule has 0 radical (unpaired) electrons. The van der Waals surface area contributed by atoms with Crippen LogP contribution in [-0.4, -0.2) is 23.5 Å². The topological polar surface area (TPSA) is 54.7 Å². The van der Waals surface area contributed by atoms with Gasteiger partial charge in [0, 0.05) is 6.20 Å². The summed E-state index contributed by atoms with van der Waals surface area (Å²) in [4.78, 5) is 3.90. The number of nitrogens with zero attached hydrogens (tertiary/aromatic N) is 2. The van der Waals surface area contributed by atoms with E-state index in [9.17, 15) is 0 Å². The van der Waals surface area contributed by atoms with Gasteiger partial charge in [0.2, 0.25) is 0 Å². The number of hydrogen-bond acceptors (Lipinski definition) is 4. The van der Waals surface area contributed by atoms with E-state index in [2.05, 4.69) is 10.1 Å². The van der Waals surface area contributed by atoms with Crippen LogP contribution in [0, 0.1) is 0 Å². The molecule has 1 N–H and O–H groups in total. The van der Waals surface area contributed by atoms with Crippen molar-refractivity contribution in [1.82, 2.24) is 4.98 Å². The van der Waals surface area contributed by atoms with Crippen molar-refractivity contribution < 1.29 is 9.94 Å². The molecule has 0 bridgehead atoms. The quantitative estimate of drug-likeness (QED) is 0.389. The van der Waals surface area contributed by atoms with Gasteiger partial charge in [-0.2, -0.15) is 0 Å². The molecule has 0 spiro atoms. The summed E-state index contributed by atoms with van der Waals surface area (Å²) in [6.07, 6.45) is 2.82. The lowest BCUT2D eigenvalue weighted by Gasteiger charge is -2.00. The molecule has 0 aliphatic rings. The maximum absolute atomic E-state index is 8.21. The van der Waals surface area contributed by atoms with Crippen molar-refractivity contribution in [2.24, 2.45) is 5.16 Å². The normalized spacial score (nSPS) is 10.3. The van der Waals surface area contributed by atoms with Gasteiger partial charge in [0.25, 0.3) is 0 Å². The summed E-state index contributed by atoms with van der Waals surface area (Å²) < 4.78 is 4.93. The Balaban J connectivity index is 3.02. The van der Waals surface area contributed by atoms with Crippen molar-refractivity contribution in [1.29, 1.82) is 0 Å². The van der Waals surface area contributed by atoms with Gasteiger partial charge in [-0.3, -0.25) is 4.98 Å². The van der Waals surface area contributed by atoms with E-state index in [0.717, 1.165) is 0 Å². The predicted molar refractivity (Wildman–Crippen MR) is 40.2 cm³/mol. The molecule has 4 nitrogen and oxygen atoms in total. The molecule has 0 saturated heterocycles. The number of pyridine rings is 1. The fourth-order valence-electron chi connectivity index (χ4n) is 0.727. The molecule has 4 heteroatoms. The van der Waals surface area contributed by atoms with E-state index in [-0.39, 0.29) is 0 Å². The van der Waals surface area contributed by atoms with Crippen LogP contribution in [-0.2, 0) is 0 Å². The fraction of sp³-hybridized carbons (Fsp3) is 0.143. The number of hydrogen-bond donors (Lipinski definition) is 1. The molecule has 1 heterocycles. The zero-order valence-electron chi connectivity index (χ0n) is 6.06. The number of methoxy groups -OCH3 is 1. The molecule has 0 aromatic carbocycles. The van der Waals surface area contributed by atoms with Crippen LogP contribution >= 0.6 is 0 Å². The standard InChI is InChI=1S/C7H8N2O2/c1-11-7-3-2-4-8-6(7)5-9-10/h2-5,10H,1H3/b9-5+. The van der Waals surface area contributed by atoms with Crippen LogP contribution in [0.2, 0.25) is 0 Å². The number of aromatic nitrogens is 1. The van der Waals surface area contributed by atoms with Gasteiger partial charge in [-0.15, -0.1) is 0 Å². The highest BCUT2D eigenvalue weighted by molar-refractivity contribution is 5.80. The zero-order valence-corrected chi connectivity index (χ0v) is 6.06. The minimum Gasteiger partial charge on any atom is -0.494 e. The van der Waals surface area contributed by atoms with E-state index in [0.29, 0.717) is 11.4 Å². The van der Waals surface area contributed by atoms with Gasteiger partial charge >= 0.3 is 0 Å². The molecule has 1 aromatic heterocycles. The van der Waals surface area contributed by atoms with Crippen molar-refractivity contribution in [2.75, 3.05) is 7.11 Å². The van der Waals surface area contributed by atoms with Gasteiger partial charge in [0.15, 0.2) is 0 Å². The molecule has 0 atom stereocenters. The summed E-state index contributed by atoms with van der Waals surface area (Å²) in [5, 5.41) is 11.1. The van der Waals surface area contributed by atoms with E-state index in [1.807, 2.05) is 0 Å². The predicted octanol–water partition coefficient (Wildman–Crippen LogP) is 0.898. The van der Waals surface area contributed by atoms with Crippen molar-refractivity contribution >= 4 is 6.21 Å². The highest BCUT2D eigenvalue weighted by Gasteiger charge is 1.97. The van der Waals surface area contributed by atoms with Crippen LogP contribution < -0.4 is 4.74 Å². The SMILES string of the molecule is COc1cccnc1/C=N/O. The van der Waals surface area contributed by atoms with Crippen LogP contribution in [0.4, 0.5) is 0 Å². The molecule has 1 rings (SSSR count). The fourth-order valence-corrected chi connectivity index (χ4v) is 0.727. The third-order valence-electron chi connectivity index (χ3n) is 1.20. The first-order chi connectivity index (χ1) is 5.38. The summed E-state index contributed by atoms with van der Waals surface area (Å²) in [6, 6.07) is 3.48. The second kappa shape index (κ2) is 3.55. The first-order valence-electron chi connectivity index (χ1n) is 3.05. The number of rotatable bonds is 2. The van der Waals surface area contributed by atoms with E-state index >= 15 is 0 Å². The lowest BCUT2D eigenvalue weighted by atomic mass is 10.3. The highest BCUT2D eigenvalue weighted by Crippen LogP contribution is 2.11. The lowest BCUT2D eigenvalue weighted by Crippen LogP contribution is -1.92. The van der Waals surface area contributed by atoms with Crippen LogP contribution in [0.15, 0.2) is 23.5 Å². The average molecular weight is 152 g/mol. The molecule has 11 heavy (non-hydrogen) atoms. The summed E-state index contributed by atoms with van der Waals surface area (Å²) in [5.74, 6) is 0.588. The van der Waals surface area contributed by atoms with E-state index in [4.69, 9.17) is 9.94 Å². The van der Waals surface area contributed by atoms with Gasteiger partial charge < -0.3 is 9.94 Å². The van der Waals surface area contributed by atoms with Crippen LogP contribution in [0.25, 0.3) is 0 Å². The third-order valence-corrected chi connectivity index (χ3v) is 1.20. The van der Waals surface area contributed by atoms with Gasteiger partial charge in [0.05, 0.1) is 13.3 Å². The number of ether oxygens (including phenoxy) is 1. The van der Waals surface area contributed by atoms with E-state index in [1.165, 1.54) is 13.3 Å². The molecule has 0 aliphatic heterocycles. The lowest BCUT2D eigenvalue weighted by molar-refractivity contribution is 0.321. The molecular formula is C7H8N2O2. The first-order valence-corrected chi connectivity index (χ1v) is 3.05. The summed E-state index contributed by atoms with van der Waals surface area (Å²) in [5.41, 5.74) is 0.512. The van der Waals surface area contributed by atoms with Crippen molar-refractivity contribution in [2.45, 2.75) is 0 Å². The monoisotopic (exact) mass is 152 g/mol. The Labute approximate surface area is 64.1 Å². The van der Waals surface area contributed by atoms with Gasteiger partial charge in [-0.1, -0.05) is 5.16 Å². The van der Waals surface area contributed by atoms with Crippen LogP contribution in [0.3, 0.4) is 0 Å². The summed E-state index contributed by atoms with van der Waals surface area (Å²) in [6.45, 7) is 0. The molecule has 0 unspecified atom stereocenters. The van der Waals surface area contributed by atoms with E-state index in [1.54, 1.807) is 18.3 Å². The third kappa shape index (κ3) is 1.67. The Bertz CT molecular complexity index is 260. The largest absolute Gasteiger partial charge is 0.494 e. The van der Waals surface area contributed by atoms with Crippen LogP contribution in [0.5, 0.6) is 5.75 Å². The zero-order chi connectivity index (χ0) is 8.10. The first kappa shape index (κ1) is 7.53. The molecule has 0 amide bonds. The Kier molecular flexibility index (Phi) is 2.43. The summed E-state index contributed by atoms with van der Waals surface area (Å²) in [7, 11) is 1.53. The molecule has 0 fully saturated rings. The Morgan fingerprint density at radius 1 is 1.73 bits per heavy atom. The minimum atomic E-state index is 0.512. The highest BCUT2D eigenvalue weighted by atomic mass is 16.5. The summed E-state index contributed by atoms with van der Waals surface area (Å²) >= 11 is 0. The van der Waals surface area contributed by atoms with Crippen molar-refractivity contribution in [3.8, 4) is 5.75 Å². The Morgan fingerprint density at radius 2 is 2.55 bits per heavy atom. The second-order valence-electron chi connectivity index (χ2n) is 1.84. The van der Waals surface area contributed by atoms with Gasteiger partial charge in [-0.05, 0) is 12.1 Å². The van der Waals surface area contributed by atoms with Gasteiger partial charge in [0.1, 0.15) is 11.4 Å². The molecule has 1 aromatic rings. The Hall–Kier alpha value is -1.58. The second-order valence-corrected chi connectivity index (χ2v) is 1.84. The molecule has 0 saturated carbocycles.